The van der Waals surface area contributed by atoms with Gasteiger partial charge in [-0.2, -0.15) is 0 Å². The number of hydrogen-bond acceptors (Lipinski definition) is 4. The molecule has 0 bridgehead atoms. The van der Waals surface area contributed by atoms with Crippen LogP contribution in [0.5, 0.6) is 0 Å². The molecule has 0 saturated carbocycles. The van der Waals surface area contributed by atoms with Crippen molar-refractivity contribution in [2.75, 3.05) is 0 Å². The topological polar surface area (TPSA) is 59.1 Å². The van der Waals surface area contributed by atoms with E-state index in [2.05, 4.69) is 0 Å². The van der Waals surface area contributed by atoms with Gasteiger partial charge in [0.05, 0.1) is 11.7 Å². The molecule has 1 saturated heterocycles. The summed E-state index contributed by atoms with van der Waals surface area (Å²) < 4.78 is 10.1. The van der Waals surface area contributed by atoms with Gasteiger partial charge in [-0.1, -0.05) is 0 Å². The molecule has 2 rings (SSSR count). The molecule has 0 aromatic carbocycles. The highest BCUT2D eigenvalue weighted by Crippen LogP contribution is 2.32. The summed E-state index contributed by atoms with van der Waals surface area (Å²) in [6.07, 6.45) is 0.272. The molecule has 2 aliphatic heterocycles. The zero-order valence-electron chi connectivity index (χ0n) is 7.56. The molecule has 72 valence electrons. The number of esters is 1. The molecule has 4 nitrogen and oxygen atoms in total. The van der Waals surface area contributed by atoms with Gasteiger partial charge in [0, 0.05) is 0 Å². The van der Waals surface area contributed by atoms with Crippen molar-refractivity contribution < 1.29 is 19.4 Å². The van der Waals surface area contributed by atoms with E-state index in [0.29, 0.717) is 5.57 Å². The molecule has 0 unspecified atom stereocenters. The van der Waals surface area contributed by atoms with Crippen LogP contribution in [-0.4, -0.2) is 35.5 Å². The number of epoxide rings is 1. The molecule has 1 N–H and O–H groups in total. The molecular formula is C9H12O4. The third-order valence-corrected chi connectivity index (χ3v) is 2.38. The maximum absolute atomic E-state index is 11.3. The number of cyclic esters (lactones) is 1. The van der Waals surface area contributed by atoms with Crippen LogP contribution in [0.4, 0.5) is 0 Å². The van der Waals surface area contributed by atoms with Crippen molar-refractivity contribution in [2.24, 2.45) is 0 Å². The molecule has 0 aliphatic carbocycles. The lowest BCUT2D eigenvalue weighted by atomic mass is 10.0. The first-order chi connectivity index (χ1) is 6.09. The first-order valence-corrected chi connectivity index (χ1v) is 4.36. The first kappa shape index (κ1) is 8.72. The fourth-order valence-electron chi connectivity index (χ4n) is 1.42. The standard InChI is InChI=1S/C9H12O4/c1-4-7(10)3-6(9(11)13-4)8-5(2)12-8/h3-5,7-8,10H,1-2H3/t4-,5-,7+,8-/m1/s1. The van der Waals surface area contributed by atoms with Crippen LogP contribution in [0.2, 0.25) is 0 Å². The predicted octanol–water partition coefficient (Wildman–Crippen LogP) is 0.00630. The van der Waals surface area contributed by atoms with Gasteiger partial charge >= 0.3 is 5.97 Å². The third-order valence-electron chi connectivity index (χ3n) is 2.38. The van der Waals surface area contributed by atoms with E-state index < -0.39 is 12.2 Å². The lowest BCUT2D eigenvalue weighted by molar-refractivity contribution is -0.150. The second kappa shape index (κ2) is 2.82. The molecule has 0 aromatic rings. The monoisotopic (exact) mass is 184 g/mol. The van der Waals surface area contributed by atoms with Crippen LogP contribution in [0.1, 0.15) is 13.8 Å². The van der Waals surface area contributed by atoms with Crippen LogP contribution in [0.15, 0.2) is 11.6 Å². The Balaban J connectivity index is 2.17. The zero-order chi connectivity index (χ0) is 9.59. The Morgan fingerprint density at radius 3 is 2.54 bits per heavy atom. The lowest BCUT2D eigenvalue weighted by Gasteiger charge is -2.22. The van der Waals surface area contributed by atoms with Crippen molar-refractivity contribution in [2.45, 2.75) is 38.3 Å². The molecule has 0 amide bonds. The Kier molecular flexibility index (Phi) is 1.89. The summed E-state index contributed by atoms with van der Waals surface area (Å²) in [6.45, 7) is 3.54. The van der Waals surface area contributed by atoms with Crippen LogP contribution < -0.4 is 0 Å². The first-order valence-electron chi connectivity index (χ1n) is 4.36. The second-order valence-electron chi connectivity index (χ2n) is 3.48. The minimum absolute atomic E-state index is 0.0689. The number of rotatable bonds is 1. The van der Waals surface area contributed by atoms with Crippen LogP contribution >= 0.6 is 0 Å². The van der Waals surface area contributed by atoms with Crippen molar-refractivity contribution in [3.63, 3.8) is 0 Å². The Bertz CT molecular complexity index is 271. The van der Waals surface area contributed by atoms with Crippen LogP contribution in [0.25, 0.3) is 0 Å². The van der Waals surface area contributed by atoms with Gasteiger partial charge in [0.1, 0.15) is 18.3 Å². The molecule has 2 aliphatic rings. The van der Waals surface area contributed by atoms with Crippen molar-refractivity contribution in [1.82, 2.24) is 0 Å². The van der Waals surface area contributed by atoms with E-state index in [4.69, 9.17) is 9.47 Å². The third kappa shape index (κ3) is 1.47. The zero-order valence-corrected chi connectivity index (χ0v) is 7.56. The fraction of sp³-hybridized carbons (Fsp3) is 0.667. The van der Waals surface area contributed by atoms with E-state index in [1.807, 2.05) is 6.92 Å². The number of carbonyl (C=O) groups is 1. The number of aliphatic hydroxyl groups is 1. The summed E-state index contributed by atoms with van der Waals surface area (Å²) >= 11 is 0. The smallest absolute Gasteiger partial charge is 0.336 e. The number of aliphatic hydroxyl groups excluding tert-OH is 1. The Morgan fingerprint density at radius 2 is 2.00 bits per heavy atom. The van der Waals surface area contributed by atoms with E-state index in [1.54, 1.807) is 6.92 Å². The maximum atomic E-state index is 11.3. The molecule has 1 fully saturated rings. The predicted molar refractivity (Wildman–Crippen MR) is 44.0 cm³/mol. The average molecular weight is 184 g/mol. The van der Waals surface area contributed by atoms with Gasteiger partial charge in [0.25, 0.3) is 0 Å². The number of carbonyl (C=O) groups excluding carboxylic acids is 1. The molecule has 2 heterocycles. The molecule has 4 heteroatoms. The SMILES string of the molecule is C[C@H]1OC(=O)C([C@@H]2O[C@@H]2C)=C[C@@H]1O. The summed E-state index contributed by atoms with van der Waals surface area (Å²) in [4.78, 5) is 11.3. The van der Waals surface area contributed by atoms with E-state index in [9.17, 15) is 9.90 Å². The van der Waals surface area contributed by atoms with Gasteiger partial charge in [-0.25, -0.2) is 4.79 Å². The van der Waals surface area contributed by atoms with Gasteiger partial charge in [0.2, 0.25) is 0 Å². The number of ether oxygens (including phenoxy) is 2. The molecule has 0 spiro atoms. The van der Waals surface area contributed by atoms with Crippen LogP contribution in [0.3, 0.4) is 0 Å². The maximum Gasteiger partial charge on any atom is 0.336 e. The summed E-state index contributed by atoms with van der Waals surface area (Å²) in [5, 5.41) is 9.42. The molecule has 0 radical (unpaired) electrons. The number of hydrogen-bond donors (Lipinski definition) is 1. The molecular weight excluding hydrogens is 172 g/mol. The van der Waals surface area contributed by atoms with Gasteiger partial charge < -0.3 is 14.6 Å². The summed E-state index contributed by atoms with van der Waals surface area (Å²) in [7, 11) is 0. The minimum Gasteiger partial charge on any atom is -0.456 e. The molecule has 0 aromatic heterocycles. The van der Waals surface area contributed by atoms with Crippen molar-refractivity contribution in [1.29, 1.82) is 0 Å². The Labute approximate surface area is 76.1 Å². The Morgan fingerprint density at radius 1 is 1.38 bits per heavy atom. The van der Waals surface area contributed by atoms with Gasteiger partial charge in [0.15, 0.2) is 0 Å². The molecule has 13 heavy (non-hydrogen) atoms. The van der Waals surface area contributed by atoms with E-state index in [1.165, 1.54) is 6.08 Å². The van der Waals surface area contributed by atoms with Gasteiger partial charge in [-0.3, -0.25) is 0 Å². The molecule has 4 atom stereocenters. The van der Waals surface area contributed by atoms with Gasteiger partial charge in [-0.05, 0) is 19.9 Å². The largest absolute Gasteiger partial charge is 0.456 e. The van der Waals surface area contributed by atoms with E-state index in [-0.39, 0.29) is 18.2 Å². The average Bonchev–Trinajstić information content (AvgIpc) is 2.75. The highest BCUT2D eigenvalue weighted by atomic mass is 16.6. The Hall–Kier alpha value is -0.870. The fourth-order valence-corrected chi connectivity index (χ4v) is 1.42. The second-order valence-corrected chi connectivity index (χ2v) is 3.48. The van der Waals surface area contributed by atoms with Crippen molar-refractivity contribution in [3.05, 3.63) is 11.6 Å². The van der Waals surface area contributed by atoms with Crippen LogP contribution in [-0.2, 0) is 14.3 Å². The summed E-state index contributed by atoms with van der Waals surface area (Å²) in [5.41, 5.74) is 0.457. The van der Waals surface area contributed by atoms with Crippen molar-refractivity contribution in [3.8, 4) is 0 Å². The van der Waals surface area contributed by atoms with E-state index in [0.717, 1.165) is 0 Å². The summed E-state index contributed by atoms with van der Waals surface area (Å²) in [6, 6.07) is 0. The quantitative estimate of drug-likeness (QED) is 0.460. The van der Waals surface area contributed by atoms with Gasteiger partial charge in [-0.15, -0.1) is 0 Å². The summed E-state index contributed by atoms with van der Waals surface area (Å²) in [5.74, 6) is -0.368. The minimum atomic E-state index is -0.705. The van der Waals surface area contributed by atoms with Crippen molar-refractivity contribution >= 4 is 5.97 Å². The highest BCUT2D eigenvalue weighted by Gasteiger charge is 2.44. The lowest BCUT2D eigenvalue weighted by Crippen LogP contribution is -2.34. The van der Waals surface area contributed by atoms with E-state index >= 15 is 0 Å². The van der Waals surface area contributed by atoms with Crippen LogP contribution in [0, 0.1) is 0 Å². The normalized spacial score (nSPS) is 43.9. The highest BCUT2D eigenvalue weighted by molar-refractivity contribution is 5.91.